The molecule has 0 aliphatic carbocycles. The van der Waals surface area contributed by atoms with Crippen LogP contribution in [0.5, 0.6) is 0 Å². The number of nitrogens with one attached hydrogen (secondary N) is 1. The van der Waals surface area contributed by atoms with Gasteiger partial charge in [0.05, 0.1) is 5.39 Å². The fraction of sp³-hybridized carbons (Fsp3) is 0.458. The number of piperidine rings is 1. The predicted molar refractivity (Wildman–Crippen MR) is 125 cm³/mol. The minimum atomic E-state index is -0.335. The first-order valence-corrected chi connectivity index (χ1v) is 11.4. The van der Waals surface area contributed by atoms with E-state index in [9.17, 15) is 14.4 Å². The Labute approximate surface area is 187 Å². The Balaban J connectivity index is 1.41. The highest BCUT2D eigenvalue weighted by molar-refractivity contribution is 5.81. The van der Waals surface area contributed by atoms with Crippen LogP contribution >= 0.6 is 0 Å². The second-order valence-electron chi connectivity index (χ2n) is 8.36. The summed E-state index contributed by atoms with van der Waals surface area (Å²) >= 11 is 0. The zero-order valence-corrected chi connectivity index (χ0v) is 18.8. The average Bonchev–Trinajstić information content (AvgIpc) is 3.20. The van der Waals surface area contributed by atoms with E-state index in [0.29, 0.717) is 24.1 Å². The highest BCUT2D eigenvalue weighted by atomic mass is 16.2. The summed E-state index contributed by atoms with van der Waals surface area (Å²) in [6.45, 7) is 7.31. The van der Waals surface area contributed by atoms with Gasteiger partial charge in [-0.25, -0.2) is 4.79 Å². The number of carbonyl (C=O) groups is 1. The van der Waals surface area contributed by atoms with Crippen molar-refractivity contribution in [1.82, 2.24) is 23.9 Å². The molecule has 0 saturated carbocycles. The fourth-order valence-electron chi connectivity index (χ4n) is 4.60. The van der Waals surface area contributed by atoms with Gasteiger partial charge in [-0.15, -0.1) is 0 Å². The molecule has 3 heterocycles. The summed E-state index contributed by atoms with van der Waals surface area (Å²) in [5.41, 5.74) is 1.18. The first kappa shape index (κ1) is 22.1. The lowest BCUT2D eigenvalue weighted by Gasteiger charge is -2.32. The van der Waals surface area contributed by atoms with Crippen molar-refractivity contribution in [1.29, 1.82) is 0 Å². The van der Waals surface area contributed by atoms with Crippen LogP contribution in [0.3, 0.4) is 0 Å². The molecule has 0 radical (unpaired) electrons. The molecule has 8 nitrogen and oxygen atoms in total. The van der Waals surface area contributed by atoms with E-state index >= 15 is 0 Å². The molecule has 1 N–H and O–H groups in total. The average molecular weight is 438 g/mol. The Morgan fingerprint density at radius 1 is 1.00 bits per heavy atom. The van der Waals surface area contributed by atoms with Crippen LogP contribution in [-0.2, 0) is 31.0 Å². The summed E-state index contributed by atoms with van der Waals surface area (Å²) < 4.78 is 4.51. The molecule has 0 spiro atoms. The molecule has 32 heavy (non-hydrogen) atoms. The van der Waals surface area contributed by atoms with Gasteiger partial charge in [-0.1, -0.05) is 30.3 Å². The van der Waals surface area contributed by atoms with Gasteiger partial charge in [0.25, 0.3) is 5.56 Å². The maximum atomic E-state index is 12.8. The van der Waals surface area contributed by atoms with Crippen molar-refractivity contribution in [2.24, 2.45) is 0 Å². The third kappa shape index (κ3) is 4.41. The van der Waals surface area contributed by atoms with Crippen LogP contribution in [0.25, 0.3) is 11.0 Å². The lowest BCUT2D eigenvalue weighted by Crippen LogP contribution is -2.45. The van der Waals surface area contributed by atoms with E-state index in [1.807, 2.05) is 13.0 Å². The maximum Gasteiger partial charge on any atom is 0.332 e. The summed E-state index contributed by atoms with van der Waals surface area (Å²) in [6.07, 6.45) is 3.54. The minimum Gasteiger partial charge on any atom is -0.352 e. The fourth-order valence-corrected chi connectivity index (χ4v) is 4.60. The van der Waals surface area contributed by atoms with E-state index in [1.54, 1.807) is 28.3 Å². The van der Waals surface area contributed by atoms with Crippen LogP contribution in [0, 0.1) is 0 Å². The smallest absolute Gasteiger partial charge is 0.332 e. The van der Waals surface area contributed by atoms with E-state index in [1.165, 1.54) is 10.1 Å². The van der Waals surface area contributed by atoms with Crippen molar-refractivity contribution < 1.29 is 4.79 Å². The van der Waals surface area contributed by atoms with E-state index in [0.717, 1.165) is 32.5 Å². The number of aryl methyl sites for hydroxylation is 1. The SMILES string of the molecule is CCn1c(=O)c2ccn(CC(=O)NC3CCN(Cc4ccccc4)CC3)c2n(CC)c1=O. The lowest BCUT2D eigenvalue weighted by molar-refractivity contribution is -0.122. The Morgan fingerprint density at radius 3 is 2.34 bits per heavy atom. The number of benzene rings is 1. The highest BCUT2D eigenvalue weighted by Gasteiger charge is 2.22. The summed E-state index contributed by atoms with van der Waals surface area (Å²) in [7, 11) is 0. The van der Waals surface area contributed by atoms with Crippen molar-refractivity contribution >= 4 is 16.9 Å². The van der Waals surface area contributed by atoms with Crippen LogP contribution in [0.1, 0.15) is 32.3 Å². The molecule has 1 aromatic carbocycles. The number of hydrogen-bond acceptors (Lipinski definition) is 4. The largest absolute Gasteiger partial charge is 0.352 e. The molecule has 1 amide bonds. The maximum absolute atomic E-state index is 12.8. The van der Waals surface area contributed by atoms with Gasteiger partial charge in [0.1, 0.15) is 12.2 Å². The van der Waals surface area contributed by atoms with Crippen LogP contribution in [0.15, 0.2) is 52.2 Å². The monoisotopic (exact) mass is 437 g/mol. The number of carbonyl (C=O) groups excluding carboxylic acids is 1. The number of nitrogens with zero attached hydrogens (tertiary/aromatic N) is 4. The standard InChI is InChI=1S/C24H31N5O3/c1-3-28-22-20(23(31)29(4-2)24(28)32)12-15-27(22)17-21(30)25-19-10-13-26(14-11-19)16-18-8-6-5-7-9-18/h5-9,12,15,19H,3-4,10-11,13-14,16-17H2,1-2H3,(H,25,30). The first-order valence-electron chi connectivity index (χ1n) is 11.4. The normalized spacial score (nSPS) is 15.3. The number of amides is 1. The van der Waals surface area contributed by atoms with E-state index in [-0.39, 0.29) is 29.7 Å². The van der Waals surface area contributed by atoms with Crippen molar-refractivity contribution in [3.05, 3.63) is 69.0 Å². The van der Waals surface area contributed by atoms with Gasteiger partial charge in [0.15, 0.2) is 0 Å². The van der Waals surface area contributed by atoms with Crippen molar-refractivity contribution in [2.75, 3.05) is 13.1 Å². The number of rotatable bonds is 7. The number of likely N-dealkylation sites (tertiary alicyclic amines) is 1. The topological polar surface area (TPSA) is 81.3 Å². The molecule has 1 saturated heterocycles. The molecular weight excluding hydrogens is 406 g/mol. The molecule has 2 aromatic heterocycles. The number of aromatic nitrogens is 3. The van der Waals surface area contributed by atoms with Crippen LogP contribution in [0.4, 0.5) is 0 Å². The van der Waals surface area contributed by atoms with Gasteiger partial charge < -0.3 is 9.88 Å². The molecule has 1 aliphatic rings. The molecule has 8 heteroatoms. The number of hydrogen-bond donors (Lipinski definition) is 1. The van der Waals surface area contributed by atoms with Gasteiger partial charge in [-0.2, -0.15) is 0 Å². The van der Waals surface area contributed by atoms with Gasteiger partial charge in [0, 0.05) is 45.0 Å². The third-order valence-corrected chi connectivity index (χ3v) is 6.28. The molecule has 1 fully saturated rings. The summed E-state index contributed by atoms with van der Waals surface area (Å²) in [5.74, 6) is -0.0984. The van der Waals surface area contributed by atoms with Gasteiger partial charge >= 0.3 is 5.69 Å². The molecule has 0 unspecified atom stereocenters. The molecule has 3 aromatic rings. The Hall–Kier alpha value is -3.13. The molecular formula is C24H31N5O3. The lowest BCUT2D eigenvalue weighted by atomic mass is 10.0. The third-order valence-electron chi connectivity index (χ3n) is 6.28. The Bertz CT molecular complexity index is 1200. The van der Waals surface area contributed by atoms with Crippen LogP contribution in [-0.4, -0.2) is 43.6 Å². The van der Waals surface area contributed by atoms with E-state index in [2.05, 4.69) is 34.5 Å². The van der Waals surface area contributed by atoms with Crippen molar-refractivity contribution in [2.45, 2.75) is 58.9 Å². The van der Waals surface area contributed by atoms with E-state index < -0.39 is 0 Å². The van der Waals surface area contributed by atoms with Crippen molar-refractivity contribution in [3.8, 4) is 0 Å². The zero-order chi connectivity index (χ0) is 22.7. The summed E-state index contributed by atoms with van der Waals surface area (Å²) in [4.78, 5) is 40.5. The van der Waals surface area contributed by atoms with Crippen molar-refractivity contribution in [3.63, 3.8) is 0 Å². The highest BCUT2D eigenvalue weighted by Crippen LogP contribution is 2.15. The quantitative estimate of drug-likeness (QED) is 0.611. The summed E-state index contributed by atoms with van der Waals surface area (Å²) in [6, 6.07) is 12.3. The second-order valence-corrected chi connectivity index (χ2v) is 8.36. The Kier molecular flexibility index (Phi) is 6.60. The van der Waals surface area contributed by atoms with Crippen LogP contribution in [0.2, 0.25) is 0 Å². The van der Waals surface area contributed by atoms with E-state index in [4.69, 9.17) is 0 Å². The molecule has 170 valence electrons. The van der Waals surface area contributed by atoms with Crippen LogP contribution < -0.4 is 16.6 Å². The predicted octanol–water partition coefficient (Wildman–Crippen LogP) is 1.79. The molecule has 0 atom stereocenters. The first-order chi connectivity index (χ1) is 15.5. The zero-order valence-electron chi connectivity index (χ0n) is 18.8. The van der Waals surface area contributed by atoms with Gasteiger partial charge in [-0.05, 0) is 38.3 Å². The number of fused-ring (bicyclic) bond motifs is 1. The second kappa shape index (κ2) is 9.56. The molecule has 1 aliphatic heterocycles. The van der Waals surface area contributed by atoms with Gasteiger partial charge in [-0.3, -0.25) is 23.6 Å². The molecule has 0 bridgehead atoms. The minimum absolute atomic E-state index is 0.0861. The molecule has 4 rings (SSSR count). The Morgan fingerprint density at radius 2 is 1.69 bits per heavy atom. The summed E-state index contributed by atoms with van der Waals surface area (Å²) in [5, 5.41) is 3.61. The van der Waals surface area contributed by atoms with Gasteiger partial charge in [0.2, 0.25) is 5.91 Å².